The van der Waals surface area contributed by atoms with Gasteiger partial charge in [-0.05, 0) is 6.92 Å². The smallest absolute Gasteiger partial charge is 0.122 e. The van der Waals surface area contributed by atoms with Crippen LogP contribution >= 0.6 is 0 Å². The molecule has 1 aliphatic heterocycles. The van der Waals surface area contributed by atoms with Crippen LogP contribution in [0.2, 0.25) is 0 Å². The SMILES string of the molecule is [CH][C@@H]1O[C@H](CC=O)[C@H](O)C1O. The van der Waals surface area contributed by atoms with E-state index in [0.717, 1.165) is 0 Å². The molecule has 1 aliphatic rings. The van der Waals surface area contributed by atoms with E-state index in [0.29, 0.717) is 6.29 Å². The minimum atomic E-state index is -1.08. The van der Waals surface area contributed by atoms with Crippen LogP contribution in [-0.4, -0.2) is 40.9 Å². The second kappa shape index (κ2) is 3.30. The van der Waals surface area contributed by atoms with Crippen LogP contribution in [0, 0.1) is 6.92 Å². The van der Waals surface area contributed by atoms with E-state index in [4.69, 9.17) is 21.9 Å². The summed E-state index contributed by atoms with van der Waals surface area (Å²) in [7, 11) is 0. The van der Waals surface area contributed by atoms with Gasteiger partial charge in [-0.2, -0.15) is 0 Å². The number of hydrogen-bond donors (Lipinski definition) is 2. The fourth-order valence-corrected chi connectivity index (χ4v) is 1.07. The first-order valence-corrected chi connectivity index (χ1v) is 3.37. The van der Waals surface area contributed by atoms with Crippen molar-refractivity contribution >= 4 is 6.29 Å². The fraction of sp³-hybridized carbons (Fsp3) is 0.714. The number of aliphatic hydroxyl groups excluding tert-OH is 2. The molecule has 0 bridgehead atoms. The first kappa shape index (κ1) is 8.64. The highest BCUT2D eigenvalue weighted by atomic mass is 16.5. The number of aldehydes is 1. The van der Waals surface area contributed by atoms with Gasteiger partial charge in [0.2, 0.25) is 0 Å². The third kappa shape index (κ3) is 1.58. The molecule has 1 unspecified atom stereocenters. The largest absolute Gasteiger partial charge is 0.388 e. The van der Waals surface area contributed by atoms with Gasteiger partial charge in [-0.3, -0.25) is 0 Å². The summed E-state index contributed by atoms with van der Waals surface area (Å²) in [6.45, 7) is 5.24. The van der Waals surface area contributed by atoms with Crippen molar-refractivity contribution < 1.29 is 19.7 Å². The second-order valence-electron chi connectivity index (χ2n) is 2.52. The molecule has 0 spiro atoms. The van der Waals surface area contributed by atoms with Crippen LogP contribution in [0.5, 0.6) is 0 Å². The minimum Gasteiger partial charge on any atom is -0.388 e. The number of carbonyl (C=O) groups excluding carboxylic acids is 1. The van der Waals surface area contributed by atoms with Gasteiger partial charge in [0.25, 0.3) is 0 Å². The van der Waals surface area contributed by atoms with E-state index < -0.39 is 24.4 Å². The molecule has 0 saturated carbocycles. The molecule has 0 aromatic heterocycles. The second-order valence-corrected chi connectivity index (χ2v) is 2.52. The Morgan fingerprint density at radius 2 is 2.09 bits per heavy atom. The van der Waals surface area contributed by atoms with E-state index >= 15 is 0 Å². The molecular formula is C7H10O4. The van der Waals surface area contributed by atoms with E-state index in [-0.39, 0.29) is 6.42 Å². The average Bonchev–Trinajstić information content (AvgIpc) is 2.19. The quantitative estimate of drug-likeness (QED) is 0.494. The van der Waals surface area contributed by atoms with Crippen LogP contribution in [-0.2, 0) is 9.53 Å². The molecular weight excluding hydrogens is 148 g/mol. The van der Waals surface area contributed by atoms with Crippen molar-refractivity contribution in [2.75, 3.05) is 0 Å². The summed E-state index contributed by atoms with van der Waals surface area (Å²) in [6.07, 6.45) is -2.98. The van der Waals surface area contributed by atoms with E-state index in [1.165, 1.54) is 0 Å². The molecule has 62 valence electrons. The lowest BCUT2D eigenvalue weighted by Gasteiger charge is -2.10. The van der Waals surface area contributed by atoms with Gasteiger partial charge in [-0.1, -0.05) is 0 Å². The van der Waals surface area contributed by atoms with Gasteiger partial charge in [-0.25, -0.2) is 0 Å². The zero-order chi connectivity index (χ0) is 8.43. The van der Waals surface area contributed by atoms with Gasteiger partial charge in [0.1, 0.15) is 18.5 Å². The van der Waals surface area contributed by atoms with E-state index in [9.17, 15) is 4.79 Å². The van der Waals surface area contributed by atoms with Gasteiger partial charge >= 0.3 is 0 Å². The Hall–Kier alpha value is -0.450. The standard InChI is InChI=1S/C7H10O4/c1-4-6(9)7(10)5(11-4)2-3-8/h1,3-7,9-10H,2H2/t4-,5+,6?,7-/m0/s1. The monoisotopic (exact) mass is 158 g/mol. The maximum absolute atomic E-state index is 10.0. The van der Waals surface area contributed by atoms with Gasteiger partial charge in [0.05, 0.1) is 12.2 Å². The molecule has 1 fully saturated rings. The Bertz CT molecular complexity index is 147. The van der Waals surface area contributed by atoms with Crippen LogP contribution in [0.3, 0.4) is 0 Å². The summed E-state index contributed by atoms with van der Waals surface area (Å²) in [4.78, 5) is 10.0. The maximum Gasteiger partial charge on any atom is 0.122 e. The molecule has 4 heteroatoms. The molecule has 0 aromatic rings. The first-order valence-electron chi connectivity index (χ1n) is 3.37. The Morgan fingerprint density at radius 1 is 1.45 bits per heavy atom. The molecule has 11 heavy (non-hydrogen) atoms. The molecule has 0 aliphatic carbocycles. The topological polar surface area (TPSA) is 66.8 Å². The van der Waals surface area contributed by atoms with Crippen molar-refractivity contribution in [1.82, 2.24) is 0 Å². The molecule has 4 atom stereocenters. The Labute approximate surface area is 64.8 Å². The summed E-state index contributed by atoms with van der Waals surface area (Å²) < 4.78 is 4.87. The van der Waals surface area contributed by atoms with E-state index in [2.05, 4.69) is 0 Å². The summed E-state index contributed by atoms with van der Waals surface area (Å²) >= 11 is 0. The van der Waals surface area contributed by atoms with E-state index in [1.54, 1.807) is 0 Å². The van der Waals surface area contributed by atoms with Crippen molar-refractivity contribution in [2.24, 2.45) is 0 Å². The third-order valence-electron chi connectivity index (χ3n) is 1.73. The van der Waals surface area contributed by atoms with Crippen molar-refractivity contribution in [2.45, 2.75) is 30.8 Å². The van der Waals surface area contributed by atoms with Crippen molar-refractivity contribution in [3.8, 4) is 0 Å². The summed E-state index contributed by atoms with van der Waals surface area (Å²) in [5.41, 5.74) is 0. The van der Waals surface area contributed by atoms with Crippen LogP contribution < -0.4 is 0 Å². The summed E-state index contributed by atoms with van der Waals surface area (Å²) in [5, 5.41) is 18.2. The first-order chi connectivity index (χ1) is 5.16. The van der Waals surface area contributed by atoms with Gasteiger partial charge < -0.3 is 19.7 Å². The summed E-state index contributed by atoms with van der Waals surface area (Å²) in [6, 6.07) is 0. The fourth-order valence-electron chi connectivity index (χ4n) is 1.07. The van der Waals surface area contributed by atoms with Crippen LogP contribution in [0.4, 0.5) is 0 Å². The number of carbonyl (C=O) groups is 1. The molecule has 0 amide bonds. The van der Waals surface area contributed by atoms with Gasteiger partial charge in [0.15, 0.2) is 0 Å². The number of aliphatic hydroxyl groups is 2. The highest BCUT2D eigenvalue weighted by molar-refractivity contribution is 5.50. The predicted molar refractivity (Wildman–Crippen MR) is 35.7 cm³/mol. The lowest BCUT2D eigenvalue weighted by atomic mass is 10.1. The molecule has 1 saturated heterocycles. The predicted octanol–water partition coefficient (Wildman–Crippen LogP) is -1.22. The van der Waals surface area contributed by atoms with Crippen LogP contribution in [0.1, 0.15) is 6.42 Å². The Balaban J connectivity index is 2.51. The normalized spacial score (nSPS) is 44.3. The highest BCUT2D eigenvalue weighted by Gasteiger charge is 2.39. The van der Waals surface area contributed by atoms with Crippen molar-refractivity contribution in [3.05, 3.63) is 6.92 Å². The molecule has 4 nitrogen and oxygen atoms in total. The highest BCUT2D eigenvalue weighted by Crippen LogP contribution is 2.21. The summed E-state index contributed by atoms with van der Waals surface area (Å²) in [5.74, 6) is 0. The molecule has 1 heterocycles. The lowest BCUT2D eigenvalue weighted by molar-refractivity contribution is -0.111. The molecule has 0 aromatic carbocycles. The van der Waals surface area contributed by atoms with Crippen molar-refractivity contribution in [3.63, 3.8) is 0 Å². The lowest BCUT2D eigenvalue weighted by Crippen LogP contribution is -2.31. The molecule has 2 radical (unpaired) electrons. The van der Waals surface area contributed by atoms with Gasteiger partial charge in [0, 0.05) is 6.42 Å². The maximum atomic E-state index is 10.0. The van der Waals surface area contributed by atoms with E-state index in [1.807, 2.05) is 0 Å². The van der Waals surface area contributed by atoms with Crippen LogP contribution in [0.25, 0.3) is 0 Å². The minimum absolute atomic E-state index is 0.0614. The Morgan fingerprint density at radius 3 is 2.45 bits per heavy atom. The zero-order valence-electron chi connectivity index (χ0n) is 5.88. The average molecular weight is 158 g/mol. The number of hydrogen-bond acceptors (Lipinski definition) is 4. The van der Waals surface area contributed by atoms with Crippen LogP contribution in [0.15, 0.2) is 0 Å². The molecule has 2 N–H and O–H groups in total. The van der Waals surface area contributed by atoms with Crippen molar-refractivity contribution in [1.29, 1.82) is 0 Å². The number of ether oxygens (including phenoxy) is 1. The Kier molecular flexibility index (Phi) is 2.59. The molecule has 1 rings (SSSR count). The third-order valence-corrected chi connectivity index (χ3v) is 1.73. The number of rotatable bonds is 2. The van der Waals surface area contributed by atoms with Gasteiger partial charge in [-0.15, -0.1) is 0 Å². The zero-order valence-corrected chi connectivity index (χ0v) is 5.88.